The van der Waals surface area contributed by atoms with Gasteiger partial charge in [0.25, 0.3) is 5.91 Å². The van der Waals surface area contributed by atoms with Crippen LogP contribution in [0.5, 0.6) is 5.75 Å². The van der Waals surface area contributed by atoms with Gasteiger partial charge in [-0.25, -0.2) is 4.68 Å². The zero-order chi connectivity index (χ0) is 26.5. The number of anilines is 1. The number of carbonyl (C=O) groups excluding carboxylic acids is 2. The van der Waals surface area contributed by atoms with E-state index in [0.29, 0.717) is 23.1 Å². The van der Waals surface area contributed by atoms with Gasteiger partial charge in [-0.2, -0.15) is 5.10 Å². The molecular formula is C28H35ClN4O3. The van der Waals surface area contributed by atoms with Crippen LogP contribution in [-0.2, 0) is 15.0 Å². The molecule has 7 nitrogen and oxygen atoms in total. The highest BCUT2D eigenvalue weighted by atomic mass is 35.5. The Morgan fingerprint density at radius 2 is 1.78 bits per heavy atom. The van der Waals surface area contributed by atoms with Crippen molar-refractivity contribution in [3.05, 3.63) is 70.9 Å². The first-order chi connectivity index (χ1) is 16.9. The number of rotatable bonds is 9. The Kier molecular flexibility index (Phi) is 8.79. The first kappa shape index (κ1) is 27.3. The van der Waals surface area contributed by atoms with Crippen molar-refractivity contribution in [2.45, 2.75) is 47.0 Å². The molecule has 2 aromatic carbocycles. The minimum Gasteiger partial charge on any atom is -0.484 e. The maximum Gasteiger partial charge on any atom is 0.260 e. The molecular weight excluding hydrogens is 476 g/mol. The number of benzene rings is 2. The lowest BCUT2D eigenvalue weighted by atomic mass is 9.92. The van der Waals surface area contributed by atoms with Crippen molar-refractivity contribution < 1.29 is 14.3 Å². The Labute approximate surface area is 218 Å². The summed E-state index contributed by atoms with van der Waals surface area (Å²) in [5.74, 6) is 0.719. The van der Waals surface area contributed by atoms with Gasteiger partial charge in [-0.15, -0.1) is 0 Å². The number of para-hydroxylation sites is 1. The molecule has 2 amide bonds. The molecule has 0 saturated carbocycles. The molecule has 0 saturated heterocycles. The lowest BCUT2D eigenvalue weighted by molar-refractivity contribution is -0.137. The van der Waals surface area contributed by atoms with Crippen LogP contribution in [0.15, 0.2) is 54.6 Å². The molecule has 3 aromatic rings. The second kappa shape index (κ2) is 11.6. The van der Waals surface area contributed by atoms with Gasteiger partial charge in [0.1, 0.15) is 18.1 Å². The van der Waals surface area contributed by atoms with Gasteiger partial charge in [0.05, 0.1) is 11.4 Å². The van der Waals surface area contributed by atoms with Gasteiger partial charge in [-0.05, 0) is 48.7 Å². The van der Waals surface area contributed by atoms with Gasteiger partial charge in [0, 0.05) is 23.0 Å². The van der Waals surface area contributed by atoms with Crippen molar-refractivity contribution in [1.82, 2.24) is 14.7 Å². The predicted octanol–water partition coefficient (Wildman–Crippen LogP) is 5.63. The Balaban J connectivity index is 1.77. The maximum absolute atomic E-state index is 13.1. The van der Waals surface area contributed by atoms with Gasteiger partial charge >= 0.3 is 0 Å². The molecule has 0 aliphatic carbocycles. The zero-order valence-corrected chi connectivity index (χ0v) is 22.6. The van der Waals surface area contributed by atoms with Crippen LogP contribution in [0, 0.1) is 12.8 Å². The molecule has 0 fully saturated rings. The Morgan fingerprint density at radius 1 is 1.11 bits per heavy atom. The monoisotopic (exact) mass is 510 g/mol. The summed E-state index contributed by atoms with van der Waals surface area (Å²) < 4.78 is 7.38. The number of nitrogens with one attached hydrogen (secondary N) is 1. The van der Waals surface area contributed by atoms with Gasteiger partial charge in [-0.3, -0.25) is 9.59 Å². The number of hydrogen-bond donors (Lipinski definition) is 1. The third kappa shape index (κ3) is 7.34. The normalized spacial score (nSPS) is 11.4. The van der Waals surface area contributed by atoms with Crippen molar-refractivity contribution in [2.24, 2.45) is 5.92 Å². The molecule has 0 unspecified atom stereocenters. The first-order valence-corrected chi connectivity index (χ1v) is 12.4. The van der Waals surface area contributed by atoms with E-state index >= 15 is 0 Å². The molecule has 192 valence electrons. The third-order valence-corrected chi connectivity index (χ3v) is 5.79. The van der Waals surface area contributed by atoms with Crippen LogP contribution in [-0.4, -0.2) is 46.2 Å². The molecule has 0 aliphatic rings. The average Bonchev–Trinajstić information content (AvgIpc) is 3.22. The highest BCUT2D eigenvalue weighted by Crippen LogP contribution is 2.27. The fourth-order valence-electron chi connectivity index (χ4n) is 3.64. The van der Waals surface area contributed by atoms with E-state index in [-0.39, 0.29) is 36.3 Å². The van der Waals surface area contributed by atoms with Crippen LogP contribution in [0.3, 0.4) is 0 Å². The summed E-state index contributed by atoms with van der Waals surface area (Å²) in [7, 11) is 0. The number of aryl methyl sites for hydroxylation is 1. The average molecular weight is 511 g/mol. The topological polar surface area (TPSA) is 76.5 Å². The molecule has 1 aromatic heterocycles. The summed E-state index contributed by atoms with van der Waals surface area (Å²) in [5, 5.41) is 8.36. The van der Waals surface area contributed by atoms with Gasteiger partial charge in [0.2, 0.25) is 5.91 Å². The van der Waals surface area contributed by atoms with E-state index in [9.17, 15) is 9.59 Å². The van der Waals surface area contributed by atoms with Gasteiger partial charge < -0.3 is 15.0 Å². The van der Waals surface area contributed by atoms with E-state index in [2.05, 4.69) is 26.1 Å². The van der Waals surface area contributed by atoms with E-state index in [4.69, 9.17) is 21.4 Å². The fourth-order valence-corrected chi connectivity index (χ4v) is 3.77. The van der Waals surface area contributed by atoms with Crippen molar-refractivity contribution in [1.29, 1.82) is 0 Å². The SMILES string of the molecule is Cc1ccccc1-n1nc(C(C)(C)C)cc1NC(=O)CN(CC(C)C)C(=O)COc1ccc(Cl)cc1. The van der Waals surface area contributed by atoms with Crippen LogP contribution in [0.4, 0.5) is 5.82 Å². The van der Waals surface area contributed by atoms with E-state index in [0.717, 1.165) is 16.9 Å². The molecule has 0 bridgehead atoms. The van der Waals surface area contributed by atoms with Crippen molar-refractivity contribution in [3.8, 4) is 11.4 Å². The third-order valence-electron chi connectivity index (χ3n) is 5.54. The summed E-state index contributed by atoms with van der Waals surface area (Å²) >= 11 is 5.91. The lowest BCUT2D eigenvalue weighted by Gasteiger charge is -2.24. The van der Waals surface area contributed by atoms with Crippen LogP contribution in [0.25, 0.3) is 5.69 Å². The summed E-state index contributed by atoms with van der Waals surface area (Å²) in [6.45, 7) is 12.4. The molecule has 0 radical (unpaired) electrons. The largest absolute Gasteiger partial charge is 0.484 e. The van der Waals surface area contributed by atoms with Crippen molar-refractivity contribution in [2.75, 3.05) is 25.0 Å². The standard InChI is InChI=1S/C28H35ClN4O3/c1-19(2)16-32(27(35)18-36-22-13-11-21(29)12-14-22)17-26(34)30-25-15-24(28(4,5)6)31-33(25)23-10-8-7-9-20(23)3/h7-15,19H,16-18H2,1-6H3,(H,30,34). The molecule has 0 aliphatic heterocycles. The van der Waals surface area contributed by atoms with Crippen molar-refractivity contribution >= 4 is 29.2 Å². The summed E-state index contributed by atoms with van der Waals surface area (Å²) in [6, 6.07) is 16.6. The molecule has 0 atom stereocenters. The first-order valence-electron chi connectivity index (χ1n) is 12.1. The second-order valence-corrected chi connectivity index (χ2v) is 10.8. The highest BCUT2D eigenvalue weighted by Gasteiger charge is 2.24. The Morgan fingerprint density at radius 3 is 2.39 bits per heavy atom. The number of amides is 2. The van der Waals surface area contributed by atoms with Crippen molar-refractivity contribution in [3.63, 3.8) is 0 Å². The second-order valence-electron chi connectivity index (χ2n) is 10.3. The lowest BCUT2D eigenvalue weighted by Crippen LogP contribution is -2.42. The minimum atomic E-state index is -0.300. The Bertz CT molecular complexity index is 1200. The van der Waals surface area contributed by atoms with Gasteiger partial charge in [0.15, 0.2) is 6.61 Å². The minimum absolute atomic E-state index is 0.0925. The van der Waals surface area contributed by atoms with Crippen LogP contribution >= 0.6 is 11.6 Å². The van der Waals surface area contributed by atoms with E-state index in [1.165, 1.54) is 4.90 Å². The zero-order valence-electron chi connectivity index (χ0n) is 21.8. The van der Waals surface area contributed by atoms with E-state index in [1.54, 1.807) is 28.9 Å². The molecule has 8 heteroatoms. The molecule has 1 heterocycles. The quantitative estimate of drug-likeness (QED) is 0.404. The van der Waals surface area contributed by atoms with Crippen LogP contribution in [0.2, 0.25) is 5.02 Å². The molecule has 0 spiro atoms. The number of hydrogen-bond acceptors (Lipinski definition) is 4. The number of carbonyl (C=O) groups is 2. The number of aromatic nitrogens is 2. The molecule has 3 rings (SSSR count). The maximum atomic E-state index is 13.1. The summed E-state index contributed by atoms with van der Waals surface area (Å²) in [6.07, 6.45) is 0. The van der Waals surface area contributed by atoms with E-state index in [1.807, 2.05) is 51.1 Å². The van der Waals surface area contributed by atoms with E-state index < -0.39 is 0 Å². The number of nitrogens with zero attached hydrogens (tertiary/aromatic N) is 3. The number of halogens is 1. The van der Waals surface area contributed by atoms with Crippen LogP contribution in [0.1, 0.15) is 45.9 Å². The smallest absolute Gasteiger partial charge is 0.260 e. The summed E-state index contributed by atoms with van der Waals surface area (Å²) in [4.78, 5) is 27.6. The molecule has 1 N–H and O–H groups in total. The molecule has 36 heavy (non-hydrogen) atoms. The van der Waals surface area contributed by atoms with Gasteiger partial charge in [-0.1, -0.05) is 64.4 Å². The van der Waals surface area contributed by atoms with Crippen LogP contribution < -0.4 is 10.1 Å². The number of ether oxygens (including phenoxy) is 1. The highest BCUT2D eigenvalue weighted by molar-refractivity contribution is 6.30. The fraction of sp³-hybridized carbons (Fsp3) is 0.393. The predicted molar refractivity (Wildman–Crippen MR) is 144 cm³/mol. The Hall–Kier alpha value is -3.32. The summed E-state index contributed by atoms with van der Waals surface area (Å²) in [5.41, 5.74) is 2.57.